The highest BCUT2D eigenvalue weighted by Gasteiger charge is 2.31. The molecule has 2 atom stereocenters. The van der Waals surface area contributed by atoms with Crippen LogP contribution >= 0.6 is 11.3 Å². The number of benzene rings is 1. The number of nitrogens with two attached hydrogens (primary N) is 1. The Labute approximate surface area is 123 Å². The zero-order valence-electron chi connectivity index (χ0n) is 11.6. The number of halogens is 1. The second-order valence-corrected chi connectivity index (χ2v) is 6.23. The van der Waals surface area contributed by atoms with Crippen LogP contribution in [0.4, 0.5) is 10.1 Å². The molecule has 2 heterocycles. The van der Waals surface area contributed by atoms with E-state index >= 15 is 0 Å². The van der Waals surface area contributed by atoms with Crippen molar-refractivity contribution in [1.29, 1.82) is 0 Å². The fourth-order valence-corrected chi connectivity index (χ4v) is 3.86. The summed E-state index contributed by atoms with van der Waals surface area (Å²) in [5.41, 5.74) is 8.58. The highest BCUT2D eigenvalue weighted by atomic mass is 32.1. The summed E-state index contributed by atoms with van der Waals surface area (Å²) in [6, 6.07) is 9.47. The van der Waals surface area contributed by atoms with Crippen molar-refractivity contribution in [2.45, 2.75) is 31.8 Å². The summed E-state index contributed by atoms with van der Waals surface area (Å²) in [7, 11) is 0. The maximum atomic E-state index is 13.6. The molecule has 106 valence electrons. The molecule has 2 nitrogen and oxygen atoms in total. The molecule has 1 aliphatic rings. The van der Waals surface area contributed by atoms with Gasteiger partial charge < -0.3 is 10.6 Å². The van der Waals surface area contributed by atoms with Crippen LogP contribution in [-0.4, -0.2) is 12.6 Å². The molecular weight excluding hydrogens is 271 g/mol. The molecule has 20 heavy (non-hydrogen) atoms. The Morgan fingerprint density at radius 3 is 2.95 bits per heavy atom. The molecule has 2 aromatic rings. The van der Waals surface area contributed by atoms with Gasteiger partial charge in [0.1, 0.15) is 5.82 Å². The Balaban J connectivity index is 2.00. The Morgan fingerprint density at radius 1 is 1.40 bits per heavy atom. The third kappa shape index (κ3) is 2.34. The molecule has 0 saturated carbocycles. The molecule has 1 aromatic carbocycles. The standard InChI is InChI=1S/C16H19FN2S/c1-2-13(18)16(15-4-3-9-20-15)19-8-7-11-5-6-12(17)10-14(11)19/h3-6,9-10,13,16H,2,7-8,18H2,1H3. The topological polar surface area (TPSA) is 29.3 Å². The summed E-state index contributed by atoms with van der Waals surface area (Å²) in [5, 5.41) is 2.08. The van der Waals surface area contributed by atoms with Gasteiger partial charge in [-0.2, -0.15) is 0 Å². The van der Waals surface area contributed by atoms with E-state index in [1.807, 2.05) is 6.07 Å². The average Bonchev–Trinajstić information content (AvgIpc) is 3.09. The lowest BCUT2D eigenvalue weighted by Crippen LogP contribution is -2.39. The Hall–Kier alpha value is -1.39. The van der Waals surface area contributed by atoms with Crippen molar-refractivity contribution in [3.05, 3.63) is 52.0 Å². The Morgan fingerprint density at radius 2 is 2.25 bits per heavy atom. The minimum Gasteiger partial charge on any atom is -0.361 e. The molecule has 2 N–H and O–H groups in total. The Bertz CT molecular complexity index is 582. The molecule has 1 aliphatic heterocycles. The zero-order chi connectivity index (χ0) is 14.1. The molecule has 0 radical (unpaired) electrons. The molecular formula is C16H19FN2S. The number of rotatable bonds is 4. The molecule has 0 fully saturated rings. The lowest BCUT2D eigenvalue weighted by atomic mass is 10.0. The maximum Gasteiger partial charge on any atom is 0.125 e. The van der Waals surface area contributed by atoms with Gasteiger partial charge in [0, 0.05) is 23.2 Å². The second kappa shape index (κ2) is 5.54. The van der Waals surface area contributed by atoms with Gasteiger partial charge in [0.15, 0.2) is 0 Å². The van der Waals surface area contributed by atoms with E-state index in [0.717, 1.165) is 25.1 Å². The highest BCUT2D eigenvalue weighted by molar-refractivity contribution is 7.10. The lowest BCUT2D eigenvalue weighted by Gasteiger charge is -2.33. The fourth-order valence-electron chi connectivity index (χ4n) is 2.94. The van der Waals surface area contributed by atoms with Crippen molar-refractivity contribution in [3.63, 3.8) is 0 Å². The Kier molecular flexibility index (Phi) is 3.76. The summed E-state index contributed by atoms with van der Waals surface area (Å²) in [6.07, 6.45) is 1.87. The monoisotopic (exact) mass is 290 g/mol. The van der Waals surface area contributed by atoms with E-state index in [4.69, 9.17) is 5.73 Å². The SMILES string of the molecule is CCC(N)C(c1cccs1)N1CCc2ccc(F)cc21. The van der Waals surface area contributed by atoms with Gasteiger partial charge in [0.25, 0.3) is 0 Å². The van der Waals surface area contributed by atoms with Crippen molar-refractivity contribution in [2.75, 3.05) is 11.4 Å². The average molecular weight is 290 g/mol. The first kappa shape index (κ1) is 13.6. The van der Waals surface area contributed by atoms with E-state index in [0.29, 0.717) is 0 Å². The summed E-state index contributed by atoms with van der Waals surface area (Å²) >= 11 is 1.73. The van der Waals surface area contributed by atoms with E-state index < -0.39 is 0 Å². The van der Waals surface area contributed by atoms with Gasteiger partial charge in [-0.3, -0.25) is 0 Å². The predicted molar refractivity (Wildman–Crippen MR) is 82.8 cm³/mol. The number of hydrogen-bond acceptors (Lipinski definition) is 3. The summed E-state index contributed by atoms with van der Waals surface area (Å²) < 4.78 is 13.6. The number of hydrogen-bond donors (Lipinski definition) is 1. The first-order chi connectivity index (χ1) is 9.70. The smallest absolute Gasteiger partial charge is 0.125 e. The number of anilines is 1. The fraction of sp³-hybridized carbons (Fsp3) is 0.375. The van der Waals surface area contributed by atoms with Crippen LogP contribution in [0.15, 0.2) is 35.7 Å². The van der Waals surface area contributed by atoms with Gasteiger partial charge in [0.2, 0.25) is 0 Å². The van der Waals surface area contributed by atoms with Crippen molar-refractivity contribution < 1.29 is 4.39 Å². The van der Waals surface area contributed by atoms with Gasteiger partial charge in [-0.25, -0.2) is 4.39 Å². The van der Waals surface area contributed by atoms with Crippen LogP contribution in [0.3, 0.4) is 0 Å². The summed E-state index contributed by atoms with van der Waals surface area (Å²) in [6.45, 7) is 3.02. The van der Waals surface area contributed by atoms with Crippen LogP contribution in [-0.2, 0) is 6.42 Å². The molecule has 2 unspecified atom stereocenters. The molecule has 0 spiro atoms. The van der Waals surface area contributed by atoms with E-state index in [2.05, 4.69) is 29.3 Å². The largest absolute Gasteiger partial charge is 0.361 e. The molecule has 0 aliphatic carbocycles. The van der Waals surface area contributed by atoms with Crippen molar-refractivity contribution in [1.82, 2.24) is 0 Å². The van der Waals surface area contributed by atoms with Crippen LogP contribution in [0, 0.1) is 5.82 Å². The molecule has 0 amide bonds. The molecule has 0 bridgehead atoms. The van der Waals surface area contributed by atoms with Gasteiger partial charge in [-0.05, 0) is 42.0 Å². The van der Waals surface area contributed by atoms with Crippen LogP contribution in [0.1, 0.15) is 29.8 Å². The van der Waals surface area contributed by atoms with Crippen LogP contribution in [0.2, 0.25) is 0 Å². The van der Waals surface area contributed by atoms with Crippen molar-refractivity contribution in [2.24, 2.45) is 5.73 Å². The third-order valence-corrected chi connectivity index (χ3v) is 4.97. The zero-order valence-corrected chi connectivity index (χ0v) is 12.4. The van der Waals surface area contributed by atoms with E-state index in [1.165, 1.54) is 10.4 Å². The summed E-state index contributed by atoms with van der Waals surface area (Å²) in [5.74, 6) is -0.175. The maximum absolute atomic E-state index is 13.6. The first-order valence-electron chi connectivity index (χ1n) is 7.04. The normalized spacial score (nSPS) is 17.1. The highest BCUT2D eigenvalue weighted by Crippen LogP contribution is 2.38. The van der Waals surface area contributed by atoms with Crippen molar-refractivity contribution in [3.8, 4) is 0 Å². The molecule has 1 aromatic heterocycles. The first-order valence-corrected chi connectivity index (χ1v) is 7.92. The van der Waals surface area contributed by atoms with E-state index in [1.54, 1.807) is 23.5 Å². The molecule has 0 saturated heterocycles. The van der Waals surface area contributed by atoms with Gasteiger partial charge in [-0.1, -0.05) is 19.1 Å². The van der Waals surface area contributed by atoms with Gasteiger partial charge in [0.05, 0.1) is 6.04 Å². The van der Waals surface area contributed by atoms with Crippen LogP contribution in [0.25, 0.3) is 0 Å². The quantitative estimate of drug-likeness (QED) is 0.929. The third-order valence-electron chi connectivity index (χ3n) is 4.03. The minimum atomic E-state index is -0.175. The summed E-state index contributed by atoms with van der Waals surface area (Å²) in [4.78, 5) is 3.54. The number of thiophene rings is 1. The molecule has 4 heteroatoms. The second-order valence-electron chi connectivity index (χ2n) is 5.25. The van der Waals surface area contributed by atoms with Gasteiger partial charge in [-0.15, -0.1) is 11.3 Å². The van der Waals surface area contributed by atoms with E-state index in [-0.39, 0.29) is 17.9 Å². The van der Waals surface area contributed by atoms with Gasteiger partial charge >= 0.3 is 0 Å². The number of nitrogens with zero attached hydrogens (tertiary/aromatic N) is 1. The number of fused-ring (bicyclic) bond motifs is 1. The van der Waals surface area contributed by atoms with Crippen LogP contribution in [0.5, 0.6) is 0 Å². The minimum absolute atomic E-state index is 0.0582. The van der Waals surface area contributed by atoms with Crippen LogP contribution < -0.4 is 10.6 Å². The predicted octanol–water partition coefficient (Wildman–Crippen LogP) is 3.73. The van der Waals surface area contributed by atoms with E-state index in [9.17, 15) is 4.39 Å². The molecule has 3 rings (SSSR count). The lowest BCUT2D eigenvalue weighted by molar-refractivity contribution is 0.503. The van der Waals surface area contributed by atoms with Crippen molar-refractivity contribution >= 4 is 17.0 Å².